The normalized spacial score (nSPS) is 10.8. The van der Waals surface area contributed by atoms with E-state index in [1.165, 1.54) is 29.9 Å². The van der Waals surface area contributed by atoms with E-state index in [2.05, 4.69) is 166 Å². The van der Waals surface area contributed by atoms with Crippen LogP contribution in [-0.4, -0.2) is 186 Å². The van der Waals surface area contributed by atoms with Gasteiger partial charge in [-0.05, 0) is 36.6 Å². The number of aryl methyl sites for hydroxylation is 1. The summed E-state index contributed by atoms with van der Waals surface area (Å²) in [5.41, 5.74) is 17.3. The number of nitrogens with zero attached hydrogens (tertiary/aromatic N) is 18. The number of anilines is 14. The lowest BCUT2D eigenvalue weighted by Crippen LogP contribution is -2.21. The molecule has 408 valence electrons. The molecule has 7 aromatic rings. The van der Waals surface area contributed by atoms with Crippen LogP contribution in [0.25, 0.3) is 0 Å². The van der Waals surface area contributed by atoms with Crippen molar-refractivity contribution in [2.24, 2.45) is 5.73 Å². The second-order valence-corrected chi connectivity index (χ2v) is 18.1. The zero-order valence-electron chi connectivity index (χ0n) is 42.1. The molecule has 0 saturated heterocycles. The van der Waals surface area contributed by atoms with E-state index in [1.54, 1.807) is 6.92 Å². The lowest BCUT2D eigenvalue weighted by atomic mass is 10.4. The molecule has 77 heavy (non-hydrogen) atoms. The molecule has 0 radical (unpaired) electrons. The van der Waals surface area contributed by atoms with Gasteiger partial charge in [-0.3, -0.25) is 0 Å². The summed E-state index contributed by atoms with van der Waals surface area (Å²) in [7, 11) is 0. The molecular formula is C41H61N33S3. The molecule has 0 unspecified atom stereocenters. The molecule has 0 aliphatic heterocycles. The molecule has 1 aromatic carbocycles. The fourth-order valence-electron chi connectivity index (χ4n) is 6.17. The SMILES string of the molecule is CCSc1nc(NCCN)nc(NCCNc2nc(NCCNc3nc(NCCS)nc(NCCNc4ncnc(NCCNc5nc(N)nc(NCCNc6nc(C)nc(N)n6)n5)n4)n3)nc(Sc3ccccc3)n2)n1. The number of thioether (sulfide) groups is 1. The van der Waals surface area contributed by atoms with Gasteiger partial charge in [0.15, 0.2) is 10.3 Å². The Morgan fingerprint density at radius 1 is 0.403 bits per heavy atom. The van der Waals surface area contributed by atoms with Gasteiger partial charge in [0.05, 0.1) is 0 Å². The first kappa shape index (κ1) is 56.2. The summed E-state index contributed by atoms with van der Waals surface area (Å²) in [6, 6.07) is 9.87. The average Bonchev–Trinajstić information content (AvgIpc) is 3.41. The summed E-state index contributed by atoms with van der Waals surface area (Å²) >= 11 is 7.28. The minimum Gasteiger partial charge on any atom is -0.368 e. The first-order chi connectivity index (χ1) is 37.7. The number of hydrogen-bond acceptors (Lipinski definition) is 36. The third kappa shape index (κ3) is 20.3. The Morgan fingerprint density at radius 3 is 1.14 bits per heavy atom. The molecule has 0 fully saturated rings. The minimum atomic E-state index is 0.0537. The van der Waals surface area contributed by atoms with Crippen LogP contribution in [-0.2, 0) is 0 Å². The zero-order chi connectivity index (χ0) is 53.9. The third-order valence-electron chi connectivity index (χ3n) is 9.36. The Kier molecular flexibility index (Phi) is 22.5. The largest absolute Gasteiger partial charge is 0.368 e. The van der Waals surface area contributed by atoms with E-state index in [9.17, 15) is 0 Å². The molecule has 0 aliphatic rings. The van der Waals surface area contributed by atoms with Crippen molar-refractivity contribution in [3.63, 3.8) is 0 Å². The fraction of sp³-hybridized carbons (Fsp3) is 0.415. The van der Waals surface area contributed by atoms with Crippen molar-refractivity contribution >= 4 is 119 Å². The Morgan fingerprint density at radius 2 is 0.740 bits per heavy atom. The minimum absolute atomic E-state index is 0.0537. The van der Waals surface area contributed by atoms with Crippen LogP contribution in [0.15, 0.2) is 51.9 Å². The van der Waals surface area contributed by atoms with Crippen molar-refractivity contribution in [3.05, 3.63) is 42.5 Å². The van der Waals surface area contributed by atoms with Crippen molar-refractivity contribution in [1.29, 1.82) is 0 Å². The molecule has 18 N–H and O–H groups in total. The summed E-state index contributed by atoms with van der Waals surface area (Å²) in [5, 5.41) is 39.4. The van der Waals surface area contributed by atoms with Gasteiger partial charge in [0.2, 0.25) is 83.3 Å². The van der Waals surface area contributed by atoms with Gasteiger partial charge >= 0.3 is 0 Å². The van der Waals surface area contributed by atoms with Gasteiger partial charge in [0, 0.05) is 95.7 Å². The molecule has 0 bridgehead atoms. The quantitative estimate of drug-likeness (QED) is 0.0149. The van der Waals surface area contributed by atoms with Crippen molar-refractivity contribution in [2.75, 3.05) is 172 Å². The average molecular weight is 1110 g/mol. The highest BCUT2D eigenvalue weighted by molar-refractivity contribution is 7.99. The molecule has 0 atom stereocenters. The molecule has 0 spiro atoms. The van der Waals surface area contributed by atoms with Crippen LogP contribution < -0.4 is 81.0 Å². The van der Waals surface area contributed by atoms with Crippen molar-refractivity contribution < 1.29 is 0 Å². The van der Waals surface area contributed by atoms with Crippen LogP contribution in [0.4, 0.5) is 83.3 Å². The molecule has 36 heteroatoms. The summed E-state index contributed by atoms with van der Waals surface area (Å²) in [4.78, 5) is 79.9. The maximum atomic E-state index is 5.93. The number of thiol groups is 1. The predicted molar refractivity (Wildman–Crippen MR) is 304 cm³/mol. The maximum absolute atomic E-state index is 5.93. The smallest absolute Gasteiger partial charge is 0.229 e. The zero-order valence-corrected chi connectivity index (χ0v) is 44.6. The van der Waals surface area contributed by atoms with Crippen LogP contribution in [0.2, 0.25) is 0 Å². The maximum Gasteiger partial charge on any atom is 0.229 e. The number of hydrogen-bond donors (Lipinski definition) is 16. The molecule has 33 nitrogen and oxygen atoms in total. The third-order valence-corrected chi connectivity index (χ3v) is 11.2. The van der Waals surface area contributed by atoms with E-state index in [0.29, 0.717) is 178 Å². The van der Waals surface area contributed by atoms with Crippen LogP contribution >= 0.6 is 36.2 Å². The second kappa shape index (κ2) is 30.8. The van der Waals surface area contributed by atoms with Gasteiger partial charge in [-0.2, -0.15) is 92.4 Å². The molecule has 6 aromatic heterocycles. The number of nitrogen functional groups attached to an aromatic ring is 2. The van der Waals surface area contributed by atoms with Crippen molar-refractivity contribution in [1.82, 2.24) is 89.7 Å². The van der Waals surface area contributed by atoms with Crippen LogP contribution in [0.5, 0.6) is 0 Å². The van der Waals surface area contributed by atoms with Crippen molar-refractivity contribution in [2.45, 2.75) is 29.1 Å². The highest BCUT2D eigenvalue weighted by Crippen LogP contribution is 2.26. The second-order valence-electron chi connectivity index (χ2n) is 15.4. The van der Waals surface area contributed by atoms with Gasteiger partial charge in [0.1, 0.15) is 12.2 Å². The van der Waals surface area contributed by atoms with Gasteiger partial charge < -0.3 is 81.0 Å². The van der Waals surface area contributed by atoms with Gasteiger partial charge in [-0.1, -0.05) is 36.9 Å². The molecular weight excluding hydrogens is 1050 g/mol. The van der Waals surface area contributed by atoms with E-state index < -0.39 is 0 Å². The lowest BCUT2D eigenvalue weighted by molar-refractivity contribution is 0.868. The Balaban J connectivity index is 0.850. The van der Waals surface area contributed by atoms with E-state index in [4.69, 9.17) is 17.2 Å². The number of nitrogens with two attached hydrogens (primary N) is 3. The summed E-state index contributed by atoms with van der Waals surface area (Å²) in [6.07, 6.45) is 1.41. The fourth-order valence-corrected chi connectivity index (χ4v) is 7.61. The highest BCUT2D eigenvalue weighted by atomic mass is 32.2. The van der Waals surface area contributed by atoms with Crippen molar-refractivity contribution in [3.8, 4) is 0 Å². The topological polar surface area (TPSA) is 454 Å². The number of nitrogens with one attached hydrogen (secondary N) is 12. The number of benzene rings is 1. The van der Waals surface area contributed by atoms with Gasteiger partial charge in [0.25, 0.3) is 0 Å². The first-order valence-corrected chi connectivity index (χ1v) is 26.6. The first-order valence-electron chi connectivity index (χ1n) is 24.2. The van der Waals surface area contributed by atoms with E-state index in [1.807, 2.05) is 37.3 Å². The molecule has 0 saturated carbocycles. The van der Waals surface area contributed by atoms with E-state index in [-0.39, 0.29) is 11.9 Å². The number of aromatic nitrogens is 18. The molecule has 0 amide bonds. The van der Waals surface area contributed by atoms with Crippen LogP contribution in [0.3, 0.4) is 0 Å². The summed E-state index contributed by atoms with van der Waals surface area (Å²) in [5.74, 6) is 6.59. The Bertz CT molecular complexity index is 2870. The van der Waals surface area contributed by atoms with Crippen LogP contribution in [0, 0.1) is 6.92 Å². The van der Waals surface area contributed by atoms with Gasteiger partial charge in [-0.15, -0.1) is 0 Å². The molecule has 7 rings (SSSR count). The Labute approximate surface area is 456 Å². The predicted octanol–water partition coefficient (Wildman–Crippen LogP) is 0.865. The van der Waals surface area contributed by atoms with E-state index >= 15 is 0 Å². The standard InChI is InChI=1S/C41H61N33S3/c1-3-76-40-71-36(45-10-9-42)69-37(72-40)53-19-20-55-39-70-38(73-41(74-39)77-25-7-5-4-6-8-25)54-18-17-52-34-66-33(67-35(68-34)56-21-22-75)51-14-12-47-29-58-23-57-28(64-29)46-11-13-49-31-62-27(44)63-32(65-31)50-16-15-48-30-60-24(2)59-26(43)61-30/h4-8,23,75H,3,9-22,42H2,1-2H3,(H3,43,48,59,60,61)(H2,45,53,69,71,72)(H2,46,47,57,58,64)(H2,54,55,70,73,74)(H4,44,49,50,62,63,65)(H3,51,52,56,66,67,68). The monoisotopic (exact) mass is 1110 g/mol. The summed E-state index contributed by atoms with van der Waals surface area (Å²) in [6.45, 7) is 9.69. The Hall–Kier alpha value is -8.51. The molecule has 6 heterocycles. The highest BCUT2D eigenvalue weighted by Gasteiger charge is 2.12. The molecule has 0 aliphatic carbocycles. The van der Waals surface area contributed by atoms with Gasteiger partial charge in [-0.25, -0.2) is 9.97 Å². The van der Waals surface area contributed by atoms with Crippen LogP contribution in [0.1, 0.15) is 12.7 Å². The lowest BCUT2D eigenvalue weighted by Gasteiger charge is -2.13. The van der Waals surface area contributed by atoms with E-state index in [0.717, 1.165) is 10.6 Å². The number of rotatable bonds is 35. The summed E-state index contributed by atoms with van der Waals surface area (Å²) < 4.78 is 0.